The van der Waals surface area contributed by atoms with Gasteiger partial charge < -0.3 is 0 Å². The van der Waals surface area contributed by atoms with Gasteiger partial charge in [-0.25, -0.2) is 8.78 Å². The summed E-state index contributed by atoms with van der Waals surface area (Å²) in [5, 5.41) is 12.6. The molecule has 0 amide bonds. The SMILES string of the molecule is N#Cc1ccc(C(F)(F)F)cc1-c1cnn(CC(F)F)c1. The highest BCUT2D eigenvalue weighted by atomic mass is 19.4. The van der Waals surface area contributed by atoms with Crippen LogP contribution in [0.25, 0.3) is 11.1 Å². The number of aromatic nitrogens is 2. The van der Waals surface area contributed by atoms with Crippen molar-refractivity contribution in [3.63, 3.8) is 0 Å². The number of nitrogens with zero attached hydrogens (tertiary/aromatic N) is 3. The molecule has 0 aliphatic carbocycles. The quantitative estimate of drug-likeness (QED) is 0.811. The van der Waals surface area contributed by atoms with E-state index in [0.29, 0.717) is 0 Å². The third-order valence-corrected chi connectivity index (χ3v) is 2.74. The van der Waals surface area contributed by atoms with Crippen LogP contribution in [0.1, 0.15) is 11.1 Å². The second kappa shape index (κ2) is 5.52. The van der Waals surface area contributed by atoms with Crippen LogP contribution in [0, 0.1) is 11.3 Å². The van der Waals surface area contributed by atoms with Crippen LogP contribution in [-0.4, -0.2) is 16.2 Å². The topological polar surface area (TPSA) is 41.6 Å². The zero-order valence-corrected chi connectivity index (χ0v) is 10.4. The predicted octanol–water partition coefficient (Wildman–Crippen LogP) is 3.71. The van der Waals surface area contributed by atoms with Crippen LogP contribution in [0.5, 0.6) is 0 Å². The number of hydrogen-bond acceptors (Lipinski definition) is 2. The molecule has 1 aromatic carbocycles. The van der Waals surface area contributed by atoms with Gasteiger partial charge in [-0.15, -0.1) is 0 Å². The van der Waals surface area contributed by atoms with Crippen molar-refractivity contribution >= 4 is 0 Å². The Morgan fingerprint density at radius 2 is 2.00 bits per heavy atom. The second-order valence-electron chi connectivity index (χ2n) is 4.21. The summed E-state index contributed by atoms with van der Waals surface area (Å²) in [6.45, 7) is -0.666. The molecule has 0 aliphatic heterocycles. The van der Waals surface area contributed by atoms with Crippen LogP contribution in [0.4, 0.5) is 22.0 Å². The fourth-order valence-corrected chi connectivity index (χ4v) is 1.80. The zero-order chi connectivity index (χ0) is 15.6. The minimum absolute atomic E-state index is 0.00726. The molecule has 110 valence electrons. The summed E-state index contributed by atoms with van der Waals surface area (Å²) in [4.78, 5) is 0. The van der Waals surface area contributed by atoms with Crippen molar-refractivity contribution in [1.82, 2.24) is 9.78 Å². The van der Waals surface area contributed by atoms with E-state index in [-0.39, 0.29) is 16.7 Å². The van der Waals surface area contributed by atoms with Crippen molar-refractivity contribution in [2.45, 2.75) is 19.1 Å². The van der Waals surface area contributed by atoms with Gasteiger partial charge in [0.1, 0.15) is 6.54 Å². The molecule has 0 bridgehead atoms. The van der Waals surface area contributed by atoms with E-state index in [9.17, 15) is 22.0 Å². The molecular weight excluding hydrogens is 293 g/mol. The number of rotatable bonds is 3. The molecule has 0 atom stereocenters. The summed E-state index contributed by atoms with van der Waals surface area (Å²) in [6, 6.07) is 4.42. The van der Waals surface area contributed by atoms with Crippen molar-refractivity contribution in [2.24, 2.45) is 0 Å². The smallest absolute Gasteiger partial charge is 0.266 e. The summed E-state index contributed by atoms with van der Waals surface area (Å²) in [7, 11) is 0. The monoisotopic (exact) mass is 301 g/mol. The molecule has 0 saturated carbocycles. The van der Waals surface area contributed by atoms with Gasteiger partial charge in [0, 0.05) is 17.3 Å². The minimum atomic E-state index is -4.55. The maximum Gasteiger partial charge on any atom is 0.416 e. The highest BCUT2D eigenvalue weighted by Crippen LogP contribution is 2.33. The molecule has 1 heterocycles. The van der Waals surface area contributed by atoms with Crippen LogP contribution >= 0.6 is 0 Å². The lowest BCUT2D eigenvalue weighted by atomic mass is 10.00. The van der Waals surface area contributed by atoms with Gasteiger partial charge in [0.15, 0.2) is 0 Å². The molecule has 8 heteroatoms. The van der Waals surface area contributed by atoms with Crippen LogP contribution in [-0.2, 0) is 12.7 Å². The lowest BCUT2D eigenvalue weighted by Crippen LogP contribution is -2.06. The molecule has 0 N–H and O–H groups in total. The summed E-state index contributed by atoms with van der Waals surface area (Å²) < 4.78 is 63.5. The van der Waals surface area contributed by atoms with E-state index in [1.165, 1.54) is 6.20 Å². The molecule has 1 aromatic heterocycles. The Bertz CT molecular complexity index is 682. The highest BCUT2D eigenvalue weighted by molar-refractivity contribution is 5.70. The largest absolute Gasteiger partial charge is 0.416 e. The first-order chi connectivity index (χ1) is 9.81. The van der Waals surface area contributed by atoms with Gasteiger partial charge in [-0.05, 0) is 18.2 Å². The molecule has 2 aromatic rings. The maximum atomic E-state index is 12.7. The Labute approximate surface area is 116 Å². The first-order valence-corrected chi connectivity index (χ1v) is 5.73. The average molecular weight is 301 g/mol. The third-order valence-electron chi connectivity index (χ3n) is 2.74. The zero-order valence-electron chi connectivity index (χ0n) is 10.4. The van der Waals surface area contributed by atoms with Crippen LogP contribution in [0.3, 0.4) is 0 Å². The first-order valence-electron chi connectivity index (χ1n) is 5.73. The predicted molar refractivity (Wildman–Crippen MR) is 63.4 cm³/mol. The van der Waals surface area contributed by atoms with Gasteiger partial charge in [0.2, 0.25) is 0 Å². The van der Waals surface area contributed by atoms with Gasteiger partial charge in [-0.2, -0.15) is 23.5 Å². The lowest BCUT2D eigenvalue weighted by molar-refractivity contribution is -0.137. The molecule has 0 radical (unpaired) electrons. The van der Waals surface area contributed by atoms with Gasteiger partial charge >= 0.3 is 6.18 Å². The molecule has 0 saturated heterocycles. The van der Waals surface area contributed by atoms with Gasteiger partial charge in [-0.3, -0.25) is 4.68 Å². The Hall–Kier alpha value is -2.43. The van der Waals surface area contributed by atoms with Crippen LogP contribution < -0.4 is 0 Å². The van der Waals surface area contributed by atoms with E-state index < -0.39 is 24.7 Å². The Balaban J connectivity index is 2.46. The fraction of sp³-hybridized carbons (Fsp3) is 0.231. The molecule has 0 fully saturated rings. The van der Waals surface area contributed by atoms with E-state index in [2.05, 4.69) is 5.10 Å². The van der Waals surface area contributed by atoms with Crippen molar-refractivity contribution in [1.29, 1.82) is 5.26 Å². The van der Waals surface area contributed by atoms with Crippen molar-refractivity contribution in [3.05, 3.63) is 41.7 Å². The number of halogens is 5. The fourth-order valence-electron chi connectivity index (χ4n) is 1.80. The van der Waals surface area contributed by atoms with E-state index in [0.717, 1.165) is 29.1 Å². The molecule has 2 rings (SSSR count). The van der Waals surface area contributed by atoms with E-state index in [1.807, 2.05) is 0 Å². The number of benzene rings is 1. The maximum absolute atomic E-state index is 12.7. The average Bonchev–Trinajstić information content (AvgIpc) is 2.84. The Kier molecular flexibility index (Phi) is 3.93. The Morgan fingerprint density at radius 3 is 2.57 bits per heavy atom. The summed E-state index contributed by atoms with van der Waals surface area (Å²) in [5.41, 5.74) is -0.719. The van der Waals surface area contributed by atoms with Crippen molar-refractivity contribution < 1.29 is 22.0 Å². The molecule has 0 unspecified atom stereocenters. The standard InChI is InChI=1S/C13H8F5N3/c14-12(15)7-21-6-9(5-20-21)11-3-10(13(16,17)18)2-1-8(11)4-19/h1-3,5-6,12H,7H2. The van der Waals surface area contributed by atoms with E-state index in [4.69, 9.17) is 5.26 Å². The van der Waals surface area contributed by atoms with E-state index >= 15 is 0 Å². The Morgan fingerprint density at radius 1 is 1.29 bits per heavy atom. The third kappa shape index (κ3) is 3.37. The van der Waals surface area contributed by atoms with Gasteiger partial charge in [0.25, 0.3) is 6.43 Å². The van der Waals surface area contributed by atoms with Crippen LogP contribution in [0.15, 0.2) is 30.6 Å². The highest BCUT2D eigenvalue weighted by Gasteiger charge is 2.31. The molecule has 3 nitrogen and oxygen atoms in total. The summed E-state index contributed by atoms with van der Waals surface area (Å²) in [6.07, 6.45) is -4.85. The van der Waals surface area contributed by atoms with Crippen molar-refractivity contribution in [2.75, 3.05) is 0 Å². The summed E-state index contributed by atoms with van der Waals surface area (Å²) >= 11 is 0. The lowest BCUT2D eigenvalue weighted by Gasteiger charge is -2.09. The van der Waals surface area contributed by atoms with E-state index in [1.54, 1.807) is 6.07 Å². The molecule has 21 heavy (non-hydrogen) atoms. The molecular formula is C13H8F5N3. The summed E-state index contributed by atoms with van der Waals surface area (Å²) in [5.74, 6) is 0. The van der Waals surface area contributed by atoms with Crippen LogP contribution in [0.2, 0.25) is 0 Å². The number of nitriles is 1. The minimum Gasteiger partial charge on any atom is -0.266 e. The normalized spacial score (nSPS) is 11.7. The number of hydrogen-bond donors (Lipinski definition) is 0. The number of alkyl halides is 5. The first kappa shape index (κ1) is 15.0. The molecule has 0 spiro atoms. The second-order valence-corrected chi connectivity index (χ2v) is 4.21. The van der Waals surface area contributed by atoms with Gasteiger partial charge in [-0.1, -0.05) is 0 Å². The molecule has 0 aliphatic rings. The van der Waals surface area contributed by atoms with Gasteiger partial charge in [0.05, 0.1) is 23.4 Å². The van der Waals surface area contributed by atoms with Crippen molar-refractivity contribution in [3.8, 4) is 17.2 Å².